The second-order valence-electron chi connectivity index (χ2n) is 11.0. The van der Waals surface area contributed by atoms with Gasteiger partial charge in [0.2, 0.25) is 0 Å². The maximum Gasteiger partial charge on any atom is 0.410 e. The molecule has 1 N–H and O–H groups in total. The Hall–Kier alpha value is -2.34. The first-order valence-corrected chi connectivity index (χ1v) is 12.1. The van der Waals surface area contributed by atoms with Crippen molar-refractivity contribution < 1.29 is 9.53 Å². The van der Waals surface area contributed by atoms with Gasteiger partial charge in [0.15, 0.2) is 0 Å². The number of aryl methyl sites for hydroxylation is 2. The van der Waals surface area contributed by atoms with Gasteiger partial charge in [0.05, 0.1) is 6.20 Å². The number of fused-ring (bicyclic) bond motifs is 2. The van der Waals surface area contributed by atoms with Gasteiger partial charge >= 0.3 is 6.09 Å². The Morgan fingerprint density at radius 2 is 2.03 bits per heavy atom. The predicted molar refractivity (Wildman–Crippen MR) is 126 cm³/mol. The van der Waals surface area contributed by atoms with E-state index in [1.54, 1.807) is 5.56 Å². The summed E-state index contributed by atoms with van der Waals surface area (Å²) in [7, 11) is 1.97. The van der Waals surface area contributed by atoms with Crippen molar-refractivity contribution in [3.8, 4) is 11.1 Å². The van der Waals surface area contributed by atoms with Crippen LogP contribution in [0.1, 0.15) is 57.6 Å². The van der Waals surface area contributed by atoms with Gasteiger partial charge in [0, 0.05) is 43.4 Å². The Labute approximate surface area is 191 Å². The molecule has 1 saturated carbocycles. The number of carbonyl (C=O) groups excluding carboxylic acids is 1. The number of piperidine rings is 1. The van der Waals surface area contributed by atoms with Crippen molar-refractivity contribution in [2.75, 3.05) is 19.6 Å². The minimum atomic E-state index is -0.426. The first-order chi connectivity index (χ1) is 15.2. The predicted octanol–water partition coefficient (Wildman–Crippen LogP) is 4.28. The first-order valence-electron chi connectivity index (χ1n) is 12.1. The molecule has 6 nitrogen and oxygen atoms in total. The van der Waals surface area contributed by atoms with Crippen molar-refractivity contribution in [1.29, 1.82) is 0 Å². The topological polar surface area (TPSA) is 59.4 Å². The fraction of sp³-hybridized carbons (Fsp3) is 0.615. The number of carbonyl (C=O) groups is 1. The van der Waals surface area contributed by atoms with Crippen LogP contribution in [0.5, 0.6) is 0 Å². The molecule has 1 aromatic heterocycles. The lowest BCUT2D eigenvalue weighted by Crippen LogP contribution is -2.43. The highest BCUT2D eigenvalue weighted by atomic mass is 16.6. The number of benzene rings is 1. The number of aromatic nitrogens is 2. The molecule has 2 aliphatic carbocycles. The molecule has 1 aromatic carbocycles. The molecule has 1 aliphatic heterocycles. The summed E-state index contributed by atoms with van der Waals surface area (Å²) in [4.78, 5) is 14.2. The molecule has 0 radical (unpaired) electrons. The van der Waals surface area contributed by atoms with Crippen LogP contribution < -0.4 is 5.32 Å². The van der Waals surface area contributed by atoms with Gasteiger partial charge in [0.25, 0.3) is 0 Å². The van der Waals surface area contributed by atoms with Gasteiger partial charge in [-0.05, 0) is 82.0 Å². The molecular weight excluding hydrogens is 400 g/mol. The van der Waals surface area contributed by atoms with E-state index in [-0.39, 0.29) is 6.09 Å². The lowest BCUT2D eigenvalue weighted by atomic mass is 9.93. The molecule has 5 rings (SSSR count). The van der Waals surface area contributed by atoms with Gasteiger partial charge < -0.3 is 15.0 Å². The quantitative estimate of drug-likeness (QED) is 0.777. The molecule has 0 bridgehead atoms. The summed E-state index contributed by atoms with van der Waals surface area (Å²) < 4.78 is 7.40. The summed E-state index contributed by atoms with van der Waals surface area (Å²) in [5.41, 5.74) is 5.44. The van der Waals surface area contributed by atoms with E-state index in [0.29, 0.717) is 17.4 Å². The minimum Gasteiger partial charge on any atom is -0.444 e. The van der Waals surface area contributed by atoms with E-state index in [9.17, 15) is 4.79 Å². The summed E-state index contributed by atoms with van der Waals surface area (Å²) in [6.45, 7) is 8.42. The Balaban J connectivity index is 1.16. The molecule has 1 spiro atoms. The second-order valence-corrected chi connectivity index (χ2v) is 11.0. The van der Waals surface area contributed by atoms with Crippen LogP contribution in [-0.4, -0.2) is 52.1 Å². The summed E-state index contributed by atoms with van der Waals surface area (Å²) in [6.07, 6.45) is 9.67. The maximum absolute atomic E-state index is 12.3. The number of amides is 1. The number of ether oxygens (including phenoxy) is 1. The van der Waals surface area contributed by atoms with Crippen LogP contribution >= 0.6 is 0 Å². The van der Waals surface area contributed by atoms with E-state index in [4.69, 9.17) is 4.74 Å². The van der Waals surface area contributed by atoms with Gasteiger partial charge in [-0.3, -0.25) is 4.68 Å². The molecule has 3 aliphatic rings. The van der Waals surface area contributed by atoms with Gasteiger partial charge in [-0.15, -0.1) is 0 Å². The summed E-state index contributed by atoms with van der Waals surface area (Å²) >= 11 is 0. The third-order valence-corrected chi connectivity index (χ3v) is 7.52. The molecule has 2 heterocycles. The number of hydrogen-bond acceptors (Lipinski definition) is 4. The summed E-state index contributed by atoms with van der Waals surface area (Å²) in [6, 6.07) is 7.57. The number of nitrogens with one attached hydrogen (secondary N) is 1. The van der Waals surface area contributed by atoms with Crippen molar-refractivity contribution in [2.24, 2.45) is 13.0 Å². The first kappa shape index (κ1) is 21.5. The average molecular weight is 437 g/mol. The Morgan fingerprint density at radius 1 is 1.25 bits per heavy atom. The molecule has 2 aromatic rings. The lowest BCUT2D eigenvalue weighted by molar-refractivity contribution is 0.0184. The highest BCUT2D eigenvalue weighted by Gasteiger charge is 2.57. The molecule has 6 heteroatoms. The Kier molecular flexibility index (Phi) is 5.31. The average Bonchev–Trinajstić information content (AvgIpc) is 3.07. The van der Waals surface area contributed by atoms with Crippen LogP contribution in [0.4, 0.5) is 4.79 Å². The van der Waals surface area contributed by atoms with Crippen molar-refractivity contribution in [3.05, 3.63) is 41.7 Å². The molecule has 1 amide bonds. The monoisotopic (exact) mass is 436 g/mol. The van der Waals surface area contributed by atoms with Crippen LogP contribution in [0, 0.1) is 5.92 Å². The molecule has 1 saturated heterocycles. The third-order valence-electron chi connectivity index (χ3n) is 7.52. The fourth-order valence-corrected chi connectivity index (χ4v) is 5.60. The molecule has 2 fully saturated rings. The molecule has 2 atom stereocenters. The molecule has 32 heavy (non-hydrogen) atoms. The van der Waals surface area contributed by atoms with Crippen molar-refractivity contribution in [1.82, 2.24) is 20.0 Å². The largest absolute Gasteiger partial charge is 0.444 e. The summed E-state index contributed by atoms with van der Waals surface area (Å²) in [5, 5.41) is 8.23. The molecule has 172 valence electrons. The van der Waals surface area contributed by atoms with Gasteiger partial charge in [0.1, 0.15) is 5.60 Å². The smallest absolute Gasteiger partial charge is 0.410 e. The van der Waals surface area contributed by atoms with E-state index in [2.05, 4.69) is 34.8 Å². The maximum atomic E-state index is 12.3. The number of hydrogen-bond donors (Lipinski definition) is 1. The van der Waals surface area contributed by atoms with E-state index in [1.165, 1.54) is 36.0 Å². The van der Waals surface area contributed by atoms with E-state index >= 15 is 0 Å². The minimum absolute atomic E-state index is 0.169. The van der Waals surface area contributed by atoms with Crippen LogP contribution in [0.25, 0.3) is 11.1 Å². The zero-order chi connectivity index (χ0) is 22.5. The van der Waals surface area contributed by atoms with Gasteiger partial charge in [-0.2, -0.15) is 5.10 Å². The number of nitrogens with zero attached hydrogens (tertiary/aromatic N) is 3. The van der Waals surface area contributed by atoms with Gasteiger partial charge in [-0.25, -0.2) is 4.79 Å². The second kappa shape index (κ2) is 7.91. The lowest BCUT2D eigenvalue weighted by Gasteiger charge is -2.33. The number of likely N-dealkylation sites (tertiary alicyclic amines) is 1. The van der Waals surface area contributed by atoms with Crippen LogP contribution in [-0.2, 0) is 23.6 Å². The summed E-state index contributed by atoms with van der Waals surface area (Å²) in [5.74, 6) is 0.633. The Bertz CT molecular complexity index is 999. The Morgan fingerprint density at radius 3 is 2.72 bits per heavy atom. The van der Waals surface area contributed by atoms with Crippen LogP contribution in [0.3, 0.4) is 0 Å². The standard InChI is InChI=1S/C26H36N4O2/c1-25(2,3)32-24(31)30-11-8-18(9-12-30)15-27-23-14-26(23)10-7-19-5-6-20(13-22(19)26)21-16-28-29(4)17-21/h5-6,13,16-18,23,27H,7-12,14-15H2,1-4H3. The van der Waals surface area contributed by atoms with E-state index in [0.717, 1.165) is 32.5 Å². The highest BCUT2D eigenvalue weighted by Crippen LogP contribution is 2.57. The number of rotatable bonds is 4. The normalized spacial score (nSPS) is 25.2. The van der Waals surface area contributed by atoms with Gasteiger partial charge in [-0.1, -0.05) is 18.2 Å². The van der Waals surface area contributed by atoms with Crippen molar-refractivity contribution in [2.45, 2.75) is 69.9 Å². The third kappa shape index (κ3) is 4.17. The molecular formula is C26H36N4O2. The highest BCUT2D eigenvalue weighted by molar-refractivity contribution is 5.68. The van der Waals surface area contributed by atoms with Crippen LogP contribution in [0.2, 0.25) is 0 Å². The fourth-order valence-electron chi connectivity index (χ4n) is 5.60. The van der Waals surface area contributed by atoms with Crippen molar-refractivity contribution in [3.63, 3.8) is 0 Å². The van der Waals surface area contributed by atoms with E-state index in [1.807, 2.05) is 43.6 Å². The van der Waals surface area contributed by atoms with Crippen LogP contribution in [0.15, 0.2) is 30.6 Å². The SMILES string of the molecule is Cn1cc(-c2ccc3c(c2)C2(CC3)CC2NCC2CCN(C(=O)OC(C)(C)C)CC2)cn1. The van der Waals surface area contributed by atoms with Crippen molar-refractivity contribution >= 4 is 6.09 Å². The zero-order valence-electron chi connectivity index (χ0n) is 19.9. The molecule has 2 unspecified atom stereocenters. The zero-order valence-corrected chi connectivity index (χ0v) is 19.9. The van der Waals surface area contributed by atoms with E-state index < -0.39 is 5.60 Å².